The molecule has 4 aliphatic rings. The summed E-state index contributed by atoms with van der Waals surface area (Å²) in [6.07, 6.45) is 0.288. The molecule has 2 N–H and O–H groups in total. The van der Waals surface area contributed by atoms with Gasteiger partial charge >= 0.3 is 35.5 Å². The smallest absolute Gasteiger partial charge is 0.543 e. The fourth-order valence-electron chi connectivity index (χ4n) is 6.94. The van der Waals surface area contributed by atoms with E-state index in [-0.39, 0.29) is 77.4 Å². The largest absolute Gasteiger partial charge is 1.00 e. The Hall–Kier alpha value is -4.08. The minimum atomic E-state index is -1.49. The topological polar surface area (TPSA) is 166 Å². The van der Waals surface area contributed by atoms with E-state index in [4.69, 9.17) is 14.2 Å². The Labute approximate surface area is 308 Å². The standard InChI is InChI=1S/C19H20FNO5.C16H16FNO5.Na/c1-4-7-26-19(24)17-12(11-5-6-15(25-3)13(20)8-11)9-14-16(10(2)22)18(23)21(14)17;1-7(19)13-11-6-9(14(16(21)22)18(11)15(13)20)8-3-4-12(23-2)10(17)5-8;/h4-6,8,10,14,16,22H,1,7,9H2,2-3H3;3-5,7,11,13,19H,6H2,1-2H3,(H,21,22);/q;;+1/p-1/t10-,14-,16-;7-,11-,13-;/m11./s1. The van der Waals surface area contributed by atoms with E-state index in [2.05, 4.69) is 6.58 Å². The average molecular weight is 705 g/mol. The molecule has 2 fully saturated rings. The predicted octanol–water partition coefficient (Wildman–Crippen LogP) is -1.20. The summed E-state index contributed by atoms with van der Waals surface area (Å²) >= 11 is 0. The zero-order chi connectivity index (χ0) is 35.9. The fraction of sp³-hybridized carbons (Fsp3) is 0.371. The summed E-state index contributed by atoms with van der Waals surface area (Å²) in [5.74, 6) is -5.23. The van der Waals surface area contributed by atoms with E-state index in [9.17, 15) is 43.3 Å². The molecule has 0 spiro atoms. The van der Waals surface area contributed by atoms with Gasteiger partial charge in [0.25, 0.3) is 0 Å². The van der Waals surface area contributed by atoms with Crippen LogP contribution in [-0.2, 0) is 23.9 Å². The maximum absolute atomic E-state index is 14.1. The van der Waals surface area contributed by atoms with E-state index < -0.39 is 59.6 Å². The Kier molecular flexibility index (Phi) is 12.0. The second-order valence-corrected chi connectivity index (χ2v) is 12.0. The number of aliphatic hydroxyl groups excluding tert-OH is 2. The number of ether oxygens (including phenoxy) is 3. The Bertz CT molecular complexity index is 1790. The van der Waals surface area contributed by atoms with Gasteiger partial charge in [0.2, 0.25) is 11.8 Å². The van der Waals surface area contributed by atoms with Crippen LogP contribution >= 0.6 is 0 Å². The van der Waals surface area contributed by atoms with Crippen molar-refractivity contribution in [2.24, 2.45) is 11.8 Å². The van der Waals surface area contributed by atoms with Crippen molar-refractivity contribution < 1.29 is 87.0 Å². The van der Waals surface area contributed by atoms with Gasteiger partial charge in [0.15, 0.2) is 23.1 Å². The molecule has 12 nitrogen and oxygen atoms in total. The monoisotopic (exact) mass is 704 g/mol. The predicted molar refractivity (Wildman–Crippen MR) is 167 cm³/mol. The van der Waals surface area contributed by atoms with Gasteiger partial charge in [0, 0.05) is 0 Å². The van der Waals surface area contributed by atoms with Crippen LogP contribution in [0.5, 0.6) is 11.5 Å². The first kappa shape index (κ1) is 38.7. The zero-order valence-electron chi connectivity index (χ0n) is 28.1. The van der Waals surface area contributed by atoms with Crippen molar-refractivity contribution in [3.63, 3.8) is 0 Å². The Balaban J connectivity index is 0.000000222. The maximum Gasteiger partial charge on any atom is 1.00 e. The van der Waals surface area contributed by atoms with Crippen LogP contribution in [0.1, 0.15) is 37.8 Å². The molecule has 0 unspecified atom stereocenters. The maximum atomic E-state index is 14.1. The van der Waals surface area contributed by atoms with Crippen molar-refractivity contribution in [3.05, 3.63) is 83.2 Å². The number of fused-ring (bicyclic) bond motifs is 2. The van der Waals surface area contributed by atoms with Gasteiger partial charge in [-0.1, -0.05) is 24.8 Å². The van der Waals surface area contributed by atoms with Crippen molar-refractivity contribution in [1.82, 2.24) is 9.80 Å². The van der Waals surface area contributed by atoms with Gasteiger partial charge in [-0.05, 0) is 73.2 Å². The SMILES string of the molecule is C=CCOC(=O)C1=C(c2ccc(OC)c(F)c2)C[C@@H]2[C@@H]([C@@H](C)O)C(=O)N12.COc1ccc(C2=C(C(=O)[O-])N3C(=O)[C@H]([C@@H](C)O)[C@H]3C2)cc1F.[Na+]. The number of hydrogen-bond donors (Lipinski definition) is 2. The Morgan fingerprint density at radius 2 is 1.30 bits per heavy atom. The summed E-state index contributed by atoms with van der Waals surface area (Å²) in [6.45, 7) is 6.53. The molecule has 4 aliphatic heterocycles. The first-order valence-electron chi connectivity index (χ1n) is 15.4. The molecule has 260 valence electrons. The van der Waals surface area contributed by atoms with E-state index >= 15 is 0 Å². The van der Waals surface area contributed by atoms with E-state index in [0.29, 0.717) is 28.7 Å². The molecule has 15 heteroatoms. The molecule has 0 aromatic heterocycles. The number of carboxylic acid groups (broad SMARTS) is 1. The number of halogens is 2. The molecule has 0 saturated carbocycles. The van der Waals surface area contributed by atoms with Crippen molar-refractivity contribution in [3.8, 4) is 11.5 Å². The number of esters is 1. The second-order valence-electron chi connectivity index (χ2n) is 12.0. The molecule has 2 aromatic carbocycles. The van der Waals surface area contributed by atoms with Crippen molar-refractivity contribution in [1.29, 1.82) is 0 Å². The van der Waals surface area contributed by atoms with Crippen LogP contribution in [0.4, 0.5) is 8.78 Å². The third kappa shape index (κ3) is 6.70. The summed E-state index contributed by atoms with van der Waals surface area (Å²) in [7, 11) is 2.69. The molecular formula is C35H35F2N2NaO10. The van der Waals surface area contributed by atoms with Crippen LogP contribution in [0.25, 0.3) is 11.1 Å². The van der Waals surface area contributed by atoms with Crippen LogP contribution in [0.3, 0.4) is 0 Å². The van der Waals surface area contributed by atoms with E-state index in [1.165, 1.54) is 62.5 Å². The number of benzene rings is 2. The van der Waals surface area contributed by atoms with Crippen LogP contribution in [0, 0.1) is 23.5 Å². The van der Waals surface area contributed by atoms with Crippen LogP contribution in [0.2, 0.25) is 0 Å². The molecule has 6 rings (SSSR count). The normalized spacial score (nSPS) is 23.0. The van der Waals surface area contributed by atoms with Crippen LogP contribution < -0.4 is 44.1 Å². The average Bonchev–Trinajstić information content (AvgIpc) is 3.57. The van der Waals surface area contributed by atoms with E-state index in [1.54, 1.807) is 13.0 Å². The van der Waals surface area contributed by atoms with Crippen LogP contribution in [0.15, 0.2) is 60.4 Å². The zero-order valence-corrected chi connectivity index (χ0v) is 30.1. The summed E-state index contributed by atoms with van der Waals surface area (Å²) in [4.78, 5) is 51.0. The summed E-state index contributed by atoms with van der Waals surface area (Å²) < 4.78 is 42.9. The minimum absolute atomic E-state index is 0. The molecule has 2 amide bonds. The van der Waals surface area contributed by atoms with Crippen molar-refractivity contribution >= 4 is 34.9 Å². The van der Waals surface area contributed by atoms with Gasteiger partial charge in [0.05, 0.1) is 62.0 Å². The first-order chi connectivity index (χ1) is 23.3. The molecule has 6 atom stereocenters. The van der Waals surface area contributed by atoms with Crippen molar-refractivity contribution in [2.45, 2.75) is 51.0 Å². The number of hydrogen-bond acceptors (Lipinski definition) is 10. The fourth-order valence-corrected chi connectivity index (χ4v) is 6.94. The number of carboxylic acids is 1. The molecular weight excluding hydrogens is 669 g/mol. The van der Waals surface area contributed by atoms with E-state index in [0.717, 1.165) is 4.90 Å². The molecule has 2 aromatic rings. The van der Waals surface area contributed by atoms with Gasteiger partial charge in [-0.3, -0.25) is 9.59 Å². The Morgan fingerprint density at radius 1 is 0.880 bits per heavy atom. The number of carbonyl (C=O) groups is 4. The number of β-lactam (4-membered cyclic amide) rings is 2. The number of nitrogens with zero attached hydrogens (tertiary/aromatic N) is 2. The number of amides is 2. The Morgan fingerprint density at radius 3 is 1.66 bits per heavy atom. The summed E-state index contributed by atoms with van der Waals surface area (Å²) in [6, 6.07) is 7.69. The number of methoxy groups -OCH3 is 2. The summed E-state index contributed by atoms with van der Waals surface area (Å²) in [5, 5.41) is 31.0. The van der Waals surface area contributed by atoms with Gasteiger partial charge in [-0.25, -0.2) is 13.6 Å². The second kappa shape index (κ2) is 15.4. The molecule has 2 saturated heterocycles. The molecule has 0 aliphatic carbocycles. The summed E-state index contributed by atoms with van der Waals surface area (Å²) in [5.41, 5.74) is 1.52. The van der Waals surface area contributed by atoms with Gasteiger partial charge in [-0.2, -0.15) is 0 Å². The minimum Gasteiger partial charge on any atom is -0.543 e. The third-order valence-electron chi connectivity index (χ3n) is 9.18. The third-order valence-corrected chi connectivity index (χ3v) is 9.18. The first-order valence-corrected chi connectivity index (χ1v) is 15.4. The van der Waals surface area contributed by atoms with Gasteiger partial charge in [0.1, 0.15) is 12.3 Å². The van der Waals surface area contributed by atoms with Gasteiger partial charge in [-0.15, -0.1) is 0 Å². The number of aliphatic hydroxyl groups is 2. The quantitative estimate of drug-likeness (QED) is 0.133. The van der Waals surface area contributed by atoms with E-state index in [1.807, 2.05) is 0 Å². The molecule has 4 heterocycles. The van der Waals surface area contributed by atoms with Crippen LogP contribution in [-0.4, -0.2) is 88.9 Å². The number of aliphatic carboxylic acids is 1. The molecule has 0 bridgehead atoms. The number of carbonyl (C=O) groups excluding carboxylic acids is 4. The van der Waals surface area contributed by atoms with Gasteiger partial charge < -0.3 is 44.1 Å². The number of rotatable bonds is 10. The molecule has 0 radical (unpaired) electrons. The van der Waals surface area contributed by atoms with Crippen molar-refractivity contribution in [2.75, 3.05) is 20.8 Å². The molecule has 50 heavy (non-hydrogen) atoms.